The van der Waals surface area contributed by atoms with Gasteiger partial charge >= 0.3 is 0 Å². The number of hydrogen-bond donors (Lipinski definition) is 2. The molecule has 1 unspecified atom stereocenters. The van der Waals surface area contributed by atoms with Gasteiger partial charge in [-0.1, -0.05) is 13.3 Å². The molecule has 0 radical (unpaired) electrons. The number of nitrogens with two attached hydrogens (primary N) is 1. The number of nitrogens with one attached hydrogen (secondary N) is 1. The Labute approximate surface area is 73.4 Å². The van der Waals surface area contributed by atoms with Crippen molar-refractivity contribution >= 4 is 5.91 Å². The number of amides is 1. The Morgan fingerprint density at radius 3 is 2.83 bits per heavy atom. The molecule has 4 heteroatoms. The van der Waals surface area contributed by atoms with Crippen LogP contribution in [0.5, 0.6) is 0 Å². The molecule has 72 valence electrons. The Morgan fingerprint density at radius 1 is 1.67 bits per heavy atom. The molecule has 0 aromatic carbocycles. The van der Waals surface area contributed by atoms with E-state index in [4.69, 9.17) is 10.6 Å². The van der Waals surface area contributed by atoms with Crippen LogP contribution in [0.2, 0.25) is 0 Å². The molecule has 0 aliphatic carbocycles. The summed E-state index contributed by atoms with van der Waals surface area (Å²) in [5.41, 5.74) is 2.05. The van der Waals surface area contributed by atoms with Crippen molar-refractivity contribution in [3.63, 3.8) is 0 Å². The fourth-order valence-electron chi connectivity index (χ4n) is 0.915. The fraction of sp³-hybridized carbons (Fsp3) is 0.875. The van der Waals surface area contributed by atoms with Gasteiger partial charge in [0, 0.05) is 0 Å². The largest absolute Gasteiger partial charge is 0.378 e. The highest BCUT2D eigenvalue weighted by Gasteiger charge is 2.02. The van der Waals surface area contributed by atoms with Crippen LogP contribution in [0, 0.1) is 0 Å². The van der Waals surface area contributed by atoms with E-state index < -0.39 is 0 Å². The van der Waals surface area contributed by atoms with Crippen molar-refractivity contribution < 1.29 is 9.53 Å². The second kappa shape index (κ2) is 7.06. The molecule has 12 heavy (non-hydrogen) atoms. The first-order chi connectivity index (χ1) is 5.70. The lowest BCUT2D eigenvalue weighted by Crippen LogP contribution is -2.31. The summed E-state index contributed by atoms with van der Waals surface area (Å²) in [6.07, 6.45) is 2.71. The zero-order valence-corrected chi connectivity index (χ0v) is 7.80. The molecule has 0 bridgehead atoms. The highest BCUT2D eigenvalue weighted by atomic mass is 16.5. The van der Waals surface area contributed by atoms with Gasteiger partial charge in [-0.25, -0.2) is 5.84 Å². The van der Waals surface area contributed by atoms with Gasteiger partial charge in [0.2, 0.25) is 5.91 Å². The summed E-state index contributed by atoms with van der Waals surface area (Å²) < 4.78 is 5.34. The van der Waals surface area contributed by atoms with E-state index in [-0.39, 0.29) is 12.0 Å². The van der Waals surface area contributed by atoms with Crippen LogP contribution in [0.4, 0.5) is 0 Å². The summed E-state index contributed by atoms with van der Waals surface area (Å²) >= 11 is 0. The van der Waals surface area contributed by atoms with Gasteiger partial charge in [0.1, 0.15) is 0 Å². The van der Waals surface area contributed by atoms with E-state index in [1.165, 1.54) is 0 Å². The van der Waals surface area contributed by atoms with E-state index >= 15 is 0 Å². The number of carbonyl (C=O) groups is 1. The van der Waals surface area contributed by atoms with Crippen LogP contribution in [-0.4, -0.2) is 18.6 Å². The van der Waals surface area contributed by atoms with Crippen molar-refractivity contribution in [2.24, 2.45) is 5.84 Å². The van der Waals surface area contributed by atoms with Crippen molar-refractivity contribution in [3.8, 4) is 0 Å². The average molecular weight is 174 g/mol. The lowest BCUT2D eigenvalue weighted by Gasteiger charge is -2.10. The lowest BCUT2D eigenvalue weighted by atomic mass is 10.2. The Hall–Kier alpha value is -0.610. The first kappa shape index (κ1) is 11.4. The van der Waals surface area contributed by atoms with E-state index in [1.54, 1.807) is 0 Å². The second-order valence-electron chi connectivity index (χ2n) is 2.79. The molecule has 0 aromatic rings. The summed E-state index contributed by atoms with van der Waals surface area (Å²) in [5, 5.41) is 0. The number of ether oxygens (including phenoxy) is 1. The Kier molecular flexibility index (Phi) is 6.70. The normalized spacial score (nSPS) is 12.6. The van der Waals surface area contributed by atoms with Crippen molar-refractivity contribution in [3.05, 3.63) is 0 Å². The molecule has 3 N–H and O–H groups in total. The van der Waals surface area contributed by atoms with E-state index in [2.05, 4.69) is 12.3 Å². The van der Waals surface area contributed by atoms with E-state index in [1.807, 2.05) is 6.92 Å². The third-order valence-corrected chi connectivity index (χ3v) is 1.59. The standard InChI is InChI=1S/C8H18N2O2/c1-3-4-7(2)12-6-5-8(11)10-9/h7H,3-6,9H2,1-2H3,(H,10,11). The summed E-state index contributed by atoms with van der Waals surface area (Å²) in [4.78, 5) is 10.6. The molecular formula is C8H18N2O2. The molecule has 0 rings (SSSR count). The van der Waals surface area contributed by atoms with Gasteiger partial charge in [0.25, 0.3) is 0 Å². The van der Waals surface area contributed by atoms with Crippen LogP contribution in [-0.2, 0) is 9.53 Å². The minimum absolute atomic E-state index is 0.182. The van der Waals surface area contributed by atoms with Gasteiger partial charge in [0.15, 0.2) is 0 Å². The van der Waals surface area contributed by atoms with Crippen LogP contribution >= 0.6 is 0 Å². The second-order valence-corrected chi connectivity index (χ2v) is 2.79. The highest BCUT2D eigenvalue weighted by Crippen LogP contribution is 2.00. The monoisotopic (exact) mass is 174 g/mol. The van der Waals surface area contributed by atoms with E-state index in [9.17, 15) is 4.79 Å². The van der Waals surface area contributed by atoms with Crippen molar-refractivity contribution in [1.82, 2.24) is 5.43 Å². The zero-order chi connectivity index (χ0) is 9.40. The van der Waals surface area contributed by atoms with Gasteiger partial charge in [-0.3, -0.25) is 10.2 Å². The summed E-state index contributed by atoms with van der Waals surface area (Å²) in [6.45, 7) is 4.56. The average Bonchev–Trinajstić information content (AvgIpc) is 2.04. The van der Waals surface area contributed by atoms with E-state index in [0.29, 0.717) is 13.0 Å². The third-order valence-electron chi connectivity index (χ3n) is 1.59. The molecule has 0 spiro atoms. The first-order valence-corrected chi connectivity index (χ1v) is 4.31. The van der Waals surface area contributed by atoms with Crippen molar-refractivity contribution in [2.75, 3.05) is 6.61 Å². The van der Waals surface area contributed by atoms with Crippen molar-refractivity contribution in [1.29, 1.82) is 0 Å². The summed E-state index contributed by atoms with van der Waals surface area (Å²) in [6, 6.07) is 0. The molecule has 0 aromatic heterocycles. The van der Waals surface area contributed by atoms with Gasteiger partial charge in [-0.2, -0.15) is 0 Å². The minimum Gasteiger partial charge on any atom is -0.378 e. The molecule has 0 fully saturated rings. The van der Waals surface area contributed by atoms with Crippen LogP contribution in [0.25, 0.3) is 0 Å². The van der Waals surface area contributed by atoms with Gasteiger partial charge < -0.3 is 4.74 Å². The molecule has 0 heterocycles. The first-order valence-electron chi connectivity index (χ1n) is 4.31. The molecule has 0 aliphatic rings. The predicted molar refractivity (Wildman–Crippen MR) is 47.3 cm³/mol. The lowest BCUT2D eigenvalue weighted by molar-refractivity contribution is -0.122. The maximum Gasteiger partial charge on any atom is 0.236 e. The molecule has 0 aliphatic heterocycles. The maximum atomic E-state index is 10.6. The predicted octanol–water partition coefficient (Wildman–Crippen LogP) is 0.572. The van der Waals surface area contributed by atoms with Crippen LogP contribution in [0.1, 0.15) is 33.1 Å². The fourth-order valence-corrected chi connectivity index (χ4v) is 0.915. The van der Waals surface area contributed by atoms with Gasteiger partial charge in [-0.05, 0) is 13.3 Å². The number of rotatable bonds is 6. The highest BCUT2D eigenvalue weighted by molar-refractivity contribution is 5.75. The van der Waals surface area contributed by atoms with Crippen LogP contribution in [0.15, 0.2) is 0 Å². The van der Waals surface area contributed by atoms with Crippen LogP contribution in [0.3, 0.4) is 0 Å². The molecule has 1 atom stereocenters. The number of hydrazine groups is 1. The quantitative estimate of drug-likeness (QED) is 0.351. The van der Waals surface area contributed by atoms with Gasteiger partial charge in [-0.15, -0.1) is 0 Å². The Bertz CT molecular complexity index is 128. The summed E-state index contributed by atoms with van der Waals surface area (Å²) in [5.74, 6) is 4.71. The maximum absolute atomic E-state index is 10.6. The molecular weight excluding hydrogens is 156 g/mol. The third kappa shape index (κ3) is 6.12. The molecule has 0 saturated heterocycles. The number of hydrogen-bond acceptors (Lipinski definition) is 3. The summed E-state index contributed by atoms with van der Waals surface area (Å²) in [7, 11) is 0. The van der Waals surface area contributed by atoms with Crippen LogP contribution < -0.4 is 11.3 Å². The molecule has 1 amide bonds. The molecule has 4 nitrogen and oxygen atoms in total. The smallest absolute Gasteiger partial charge is 0.236 e. The molecule has 0 saturated carbocycles. The van der Waals surface area contributed by atoms with Gasteiger partial charge in [0.05, 0.1) is 19.1 Å². The number of carbonyl (C=O) groups excluding carboxylic acids is 1. The Balaban J connectivity index is 3.24. The Morgan fingerprint density at radius 2 is 2.33 bits per heavy atom. The van der Waals surface area contributed by atoms with E-state index in [0.717, 1.165) is 12.8 Å². The minimum atomic E-state index is -0.182. The topological polar surface area (TPSA) is 64.3 Å². The van der Waals surface area contributed by atoms with Crippen molar-refractivity contribution in [2.45, 2.75) is 39.2 Å². The SMILES string of the molecule is CCCC(C)OCCC(=O)NN. The zero-order valence-electron chi connectivity index (χ0n) is 7.80.